The van der Waals surface area contributed by atoms with Gasteiger partial charge in [-0.3, -0.25) is 4.79 Å². The lowest BCUT2D eigenvalue weighted by molar-refractivity contribution is -0.146. The van der Waals surface area contributed by atoms with Crippen molar-refractivity contribution in [1.82, 2.24) is 14.6 Å². The number of aromatic nitrogens is 3. The number of hydrogen-bond acceptors (Lipinski definition) is 4. The van der Waals surface area contributed by atoms with Gasteiger partial charge in [-0.25, -0.2) is 9.50 Å². The molecule has 0 atom stereocenters. The highest BCUT2D eigenvalue weighted by molar-refractivity contribution is 6.29. The molecule has 1 fully saturated rings. The first-order valence-electron chi connectivity index (χ1n) is 6.77. The van der Waals surface area contributed by atoms with E-state index >= 15 is 0 Å². The molecule has 1 aliphatic carbocycles. The molecule has 0 N–H and O–H groups in total. The Morgan fingerprint density at radius 2 is 2.15 bits per heavy atom. The minimum atomic E-state index is -0.0966. The number of rotatable bonds is 2. The van der Waals surface area contributed by atoms with Gasteiger partial charge in [0.25, 0.3) is 0 Å². The molecule has 0 aliphatic heterocycles. The van der Waals surface area contributed by atoms with Crippen molar-refractivity contribution in [2.24, 2.45) is 5.92 Å². The van der Waals surface area contributed by atoms with E-state index in [1.807, 2.05) is 12.1 Å². The zero-order valence-electron chi connectivity index (χ0n) is 11.3. The molecule has 1 saturated carbocycles. The van der Waals surface area contributed by atoms with Gasteiger partial charge in [-0.1, -0.05) is 11.6 Å². The predicted octanol–water partition coefficient (Wildman–Crippen LogP) is 2.83. The molecule has 1 aliphatic rings. The Morgan fingerprint density at radius 1 is 1.40 bits per heavy atom. The van der Waals surface area contributed by atoms with Crippen LogP contribution in [0.4, 0.5) is 0 Å². The van der Waals surface area contributed by atoms with Crippen LogP contribution in [0.1, 0.15) is 37.3 Å². The van der Waals surface area contributed by atoms with Crippen LogP contribution in [0.2, 0.25) is 5.15 Å². The monoisotopic (exact) mass is 293 g/mol. The van der Waals surface area contributed by atoms with Crippen molar-refractivity contribution >= 4 is 23.2 Å². The number of esters is 1. The molecule has 0 aromatic carbocycles. The van der Waals surface area contributed by atoms with E-state index in [-0.39, 0.29) is 11.9 Å². The fourth-order valence-electron chi connectivity index (χ4n) is 2.89. The second-order valence-electron chi connectivity index (χ2n) is 5.18. The molecule has 0 spiro atoms. The van der Waals surface area contributed by atoms with Gasteiger partial charge in [0.2, 0.25) is 0 Å². The van der Waals surface area contributed by atoms with Gasteiger partial charge in [0.15, 0.2) is 5.65 Å². The number of ether oxygens (including phenoxy) is 1. The molecule has 106 valence electrons. The summed E-state index contributed by atoms with van der Waals surface area (Å²) in [6.45, 7) is 0. The summed E-state index contributed by atoms with van der Waals surface area (Å²) in [5.74, 6) is 0.291. The van der Waals surface area contributed by atoms with Gasteiger partial charge in [-0.2, -0.15) is 5.10 Å². The summed E-state index contributed by atoms with van der Waals surface area (Å²) in [5, 5.41) is 4.69. The van der Waals surface area contributed by atoms with Gasteiger partial charge in [0, 0.05) is 17.7 Å². The number of nitrogens with zero attached hydrogens (tertiary/aromatic N) is 3. The van der Waals surface area contributed by atoms with Gasteiger partial charge >= 0.3 is 5.97 Å². The lowest BCUT2D eigenvalue weighted by atomic mass is 9.80. The van der Waals surface area contributed by atoms with Crippen LogP contribution in [0, 0.1) is 5.92 Å². The molecular weight excluding hydrogens is 278 g/mol. The summed E-state index contributed by atoms with van der Waals surface area (Å²) in [6.07, 6.45) is 5.26. The van der Waals surface area contributed by atoms with Gasteiger partial charge in [0.1, 0.15) is 5.15 Å². The number of carbonyl (C=O) groups is 1. The van der Waals surface area contributed by atoms with E-state index < -0.39 is 0 Å². The smallest absolute Gasteiger partial charge is 0.308 e. The van der Waals surface area contributed by atoms with Crippen LogP contribution in [-0.2, 0) is 9.53 Å². The maximum Gasteiger partial charge on any atom is 0.308 e. The highest BCUT2D eigenvalue weighted by atomic mass is 35.5. The van der Waals surface area contributed by atoms with Crippen molar-refractivity contribution < 1.29 is 9.53 Å². The van der Waals surface area contributed by atoms with Crippen molar-refractivity contribution in [3.05, 3.63) is 29.2 Å². The second kappa shape index (κ2) is 5.40. The summed E-state index contributed by atoms with van der Waals surface area (Å²) in [7, 11) is 1.45. The summed E-state index contributed by atoms with van der Waals surface area (Å²) >= 11 is 6.21. The minimum Gasteiger partial charge on any atom is -0.469 e. The third-order valence-electron chi connectivity index (χ3n) is 4.02. The van der Waals surface area contributed by atoms with Crippen LogP contribution in [0.5, 0.6) is 0 Å². The molecule has 2 aromatic rings. The quantitative estimate of drug-likeness (QED) is 0.631. The first-order valence-corrected chi connectivity index (χ1v) is 7.15. The number of methoxy groups -OCH3 is 1. The lowest BCUT2D eigenvalue weighted by Gasteiger charge is -2.26. The molecule has 0 radical (unpaired) electrons. The van der Waals surface area contributed by atoms with Crippen molar-refractivity contribution in [1.29, 1.82) is 0 Å². The number of halogens is 1. The van der Waals surface area contributed by atoms with Crippen LogP contribution < -0.4 is 0 Å². The third kappa shape index (κ3) is 2.38. The summed E-state index contributed by atoms with van der Waals surface area (Å²) in [5.41, 5.74) is 1.76. The van der Waals surface area contributed by atoms with Gasteiger partial charge in [-0.05, 0) is 31.7 Å². The molecule has 2 aromatic heterocycles. The summed E-state index contributed by atoms with van der Waals surface area (Å²) in [6, 6.07) is 3.72. The number of fused-ring (bicyclic) bond motifs is 1. The molecule has 0 unspecified atom stereocenters. The van der Waals surface area contributed by atoms with Crippen LogP contribution in [0.3, 0.4) is 0 Å². The molecule has 0 saturated heterocycles. The number of carbonyl (C=O) groups excluding carboxylic acids is 1. The van der Waals surface area contributed by atoms with Gasteiger partial charge < -0.3 is 4.74 Å². The zero-order chi connectivity index (χ0) is 14.1. The van der Waals surface area contributed by atoms with E-state index in [0.717, 1.165) is 37.0 Å². The van der Waals surface area contributed by atoms with Crippen molar-refractivity contribution in [3.8, 4) is 0 Å². The van der Waals surface area contributed by atoms with Crippen molar-refractivity contribution in [3.63, 3.8) is 0 Å². The summed E-state index contributed by atoms with van der Waals surface area (Å²) < 4.78 is 6.43. The molecule has 3 rings (SSSR count). The molecule has 2 heterocycles. The van der Waals surface area contributed by atoms with Crippen LogP contribution >= 0.6 is 11.6 Å². The van der Waals surface area contributed by atoms with E-state index in [1.54, 1.807) is 10.7 Å². The Balaban J connectivity index is 1.78. The Hall–Kier alpha value is -1.62. The largest absolute Gasteiger partial charge is 0.469 e. The molecule has 0 bridgehead atoms. The first kappa shape index (κ1) is 13.4. The molecule has 6 heteroatoms. The van der Waals surface area contributed by atoms with E-state index in [1.165, 1.54) is 7.11 Å². The average Bonchev–Trinajstić information content (AvgIpc) is 2.95. The Morgan fingerprint density at radius 3 is 2.85 bits per heavy atom. The maximum absolute atomic E-state index is 11.5. The van der Waals surface area contributed by atoms with Crippen LogP contribution in [-0.4, -0.2) is 27.7 Å². The van der Waals surface area contributed by atoms with E-state index in [0.29, 0.717) is 11.1 Å². The topological polar surface area (TPSA) is 56.5 Å². The zero-order valence-corrected chi connectivity index (χ0v) is 12.0. The molecule has 0 amide bonds. The van der Waals surface area contributed by atoms with E-state index in [2.05, 4.69) is 10.1 Å². The third-order valence-corrected chi connectivity index (χ3v) is 4.28. The predicted molar refractivity (Wildman–Crippen MR) is 74.7 cm³/mol. The van der Waals surface area contributed by atoms with Crippen molar-refractivity contribution in [2.45, 2.75) is 31.6 Å². The fourth-order valence-corrected chi connectivity index (χ4v) is 3.14. The maximum atomic E-state index is 11.5. The number of hydrogen-bond donors (Lipinski definition) is 0. The van der Waals surface area contributed by atoms with Crippen molar-refractivity contribution in [2.75, 3.05) is 7.11 Å². The Kier molecular flexibility index (Phi) is 3.61. The second-order valence-corrected chi connectivity index (χ2v) is 5.56. The standard InChI is InChI=1S/C14H16ClN3O2/c1-20-14(19)10-4-2-9(3-5-10)11-8-12(15)18-13(17-11)6-7-16-18/h6-10H,2-5H2,1H3/t9-,10-. The Labute approximate surface area is 121 Å². The van der Waals surface area contributed by atoms with Gasteiger partial charge in [-0.15, -0.1) is 0 Å². The van der Waals surface area contributed by atoms with Crippen LogP contribution in [0.15, 0.2) is 18.3 Å². The lowest BCUT2D eigenvalue weighted by Crippen LogP contribution is -2.22. The first-order chi connectivity index (χ1) is 9.69. The molecule has 5 nitrogen and oxygen atoms in total. The molecule has 20 heavy (non-hydrogen) atoms. The van der Waals surface area contributed by atoms with Crippen LogP contribution in [0.25, 0.3) is 5.65 Å². The highest BCUT2D eigenvalue weighted by Crippen LogP contribution is 2.36. The fraction of sp³-hybridized carbons (Fsp3) is 0.500. The average molecular weight is 294 g/mol. The summed E-state index contributed by atoms with van der Waals surface area (Å²) in [4.78, 5) is 16.1. The Bertz CT molecular complexity index is 632. The highest BCUT2D eigenvalue weighted by Gasteiger charge is 2.28. The molecular formula is C14H16ClN3O2. The van der Waals surface area contributed by atoms with E-state index in [4.69, 9.17) is 16.3 Å². The van der Waals surface area contributed by atoms with Gasteiger partial charge in [0.05, 0.1) is 19.2 Å². The SMILES string of the molecule is COC(=O)[C@H]1CC[C@H](c2cc(Cl)n3nccc3n2)CC1. The minimum absolute atomic E-state index is 0.0328. The van der Waals surface area contributed by atoms with E-state index in [9.17, 15) is 4.79 Å². The normalized spacial score (nSPS) is 22.9.